The second-order valence-corrected chi connectivity index (χ2v) is 10.6. The number of ketones is 1. The normalized spacial score (nSPS) is 11.9. The SMILES string of the molecule is CC(=O)[C@H](Cc1ccc(OC(=O)c2cccc(-c3ccccc3)c2)cc1)NC(=O)c1ccc(C(C)(C)C)cc1. The van der Waals surface area contributed by atoms with Gasteiger partial charge in [0.15, 0.2) is 5.78 Å². The van der Waals surface area contributed by atoms with E-state index in [0.29, 0.717) is 23.3 Å². The van der Waals surface area contributed by atoms with Crippen LogP contribution in [0, 0.1) is 0 Å². The molecule has 0 aliphatic carbocycles. The highest BCUT2D eigenvalue weighted by Gasteiger charge is 2.20. The van der Waals surface area contributed by atoms with Gasteiger partial charge in [0.1, 0.15) is 5.75 Å². The van der Waals surface area contributed by atoms with Gasteiger partial charge in [-0.05, 0) is 77.4 Å². The molecule has 5 nitrogen and oxygen atoms in total. The molecule has 0 fully saturated rings. The van der Waals surface area contributed by atoms with Gasteiger partial charge in [-0.15, -0.1) is 0 Å². The van der Waals surface area contributed by atoms with E-state index in [4.69, 9.17) is 4.74 Å². The highest BCUT2D eigenvalue weighted by atomic mass is 16.5. The van der Waals surface area contributed by atoms with E-state index in [1.165, 1.54) is 6.92 Å². The number of benzene rings is 4. The standard InChI is InChI=1S/C34H33NO4/c1-23(36)31(35-32(37)26-15-17-29(18-16-26)34(2,3)4)21-24-13-19-30(20-14-24)39-33(38)28-12-8-11-27(22-28)25-9-6-5-7-10-25/h5-20,22,31H,21H2,1-4H3,(H,35,37)/t31-/m0/s1. The highest BCUT2D eigenvalue weighted by molar-refractivity contribution is 5.97. The van der Waals surface area contributed by atoms with E-state index in [0.717, 1.165) is 22.3 Å². The summed E-state index contributed by atoms with van der Waals surface area (Å²) in [7, 11) is 0. The van der Waals surface area contributed by atoms with E-state index >= 15 is 0 Å². The minimum atomic E-state index is -0.672. The smallest absolute Gasteiger partial charge is 0.343 e. The van der Waals surface area contributed by atoms with Gasteiger partial charge in [-0.3, -0.25) is 9.59 Å². The maximum Gasteiger partial charge on any atom is 0.343 e. The average molecular weight is 520 g/mol. The number of carbonyl (C=O) groups excluding carboxylic acids is 3. The Kier molecular flexibility index (Phi) is 8.40. The molecule has 0 aliphatic rings. The summed E-state index contributed by atoms with van der Waals surface area (Å²) in [6, 6.07) is 30.9. The van der Waals surface area contributed by atoms with Gasteiger partial charge in [0, 0.05) is 5.56 Å². The Morgan fingerprint density at radius 1 is 0.744 bits per heavy atom. The van der Waals surface area contributed by atoms with Crippen LogP contribution in [0.4, 0.5) is 0 Å². The quantitative estimate of drug-likeness (QED) is 0.205. The molecule has 0 saturated heterocycles. The van der Waals surface area contributed by atoms with Gasteiger partial charge in [0.05, 0.1) is 11.6 Å². The molecule has 198 valence electrons. The van der Waals surface area contributed by atoms with Crippen molar-refractivity contribution < 1.29 is 19.1 Å². The Bertz CT molecular complexity index is 1450. The van der Waals surface area contributed by atoms with Gasteiger partial charge in [-0.25, -0.2) is 4.79 Å². The van der Waals surface area contributed by atoms with Crippen molar-refractivity contribution in [2.45, 2.75) is 45.6 Å². The molecule has 4 aromatic rings. The molecule has 1 atom stereocenters. The van der Waals surface area contributed by atoms with Crippen LogP contribution in [0.2, 0.25) is 0 Å². The fourth-order valence-electron chi connectivity index (χ4n) is 4.21. The van der Waals surface area contributed by atoms with Gasteiger partial charge < -0.3 is 10.1 Å². The van der Waals surface area contributed by atoms with Gasteiger partial charge in [0.2, 0.25) is 0 Å². The van der Waals surface area contributed by atoms with Crippen molar-refractivity contribution in [3.8, 4) is 16.9 Å². The van der Waals surface area contributed by atoms with Crippen molar-refractivity contribution in [2.24, 2.45) is 0 Å². The molecule has 0 unspecified atom stereocenters. The van der Waals surface area contributed by atoms with Crippen LogP contribution in [-0.4, -0.2) is 23.7 Å². The maximum atomic E-state index is 12.8. The largest absolute Gasteiger partial charge is 0.423 e. The van der Waals surface area contributed by atoms with E-state index in [9.17, 15) is 14.4 Å². The minimum Gasteiger partial charge on any atom is -0.423 e. The summed E-state index contributed by atoms with van der Waals surface area (Å²) in [5.41, 5.74) is 4.87. The highest BCUT2D eigenvalue weighted by Crippen LogP contribution is 2.23. The molecule has 0 spiro atoms. The van der Waals surface area contributed by atoms with E-state index in [2.05, 4.69) is 26.1 Å². The molecule has 4 aromatic carbocycles. The Hall–Kier alpha value is -4.51. The Morgan fingerprint density at radius 2 is 1.38 bits per heavy atom. The van der Waals surface area contributed by atoms with Crippen molar-refractivity contribution >= 4 is 17.7 Å². The first-order valence-corrected chi connectivity index (χ1v) is 13.0. The van der Waals surface area contributed by atoms with Crippen molar-refractivity contribution in [1.82, 2.24) is 5.32 Å². The number of rotatable bonds is 8. The molecule has 39 heavy (non-hydrogen) atoms. The van der Waals surface area contributed by atoms with Crippen molar-refractivity contribution in [1.29, 1.82) is 0 Å². The average Bonchev–Trinajstić information content (AvgIpc) is 2.93. The zero-order valence-electron chi connectivity index (χ0n) is 22.7. The van der Waals surface area contributed by atoms with Crippen LogP contribution in [0.15, 0.2) is 103 Å². The molecular weight excluding hydrogens is 486 g/mol. The first-order valence-electron chi connectivity index (χ1n) is 13.0. The van der Waals surface area contributed by atoms with Crippen molar-refractivity contribution in [3.63, 3.8) is 0 Å². The summed E-state index contributed by atoms with van der Waals surface area (Å²) in [6.45, 7) is 7.81. The third-order valence-electron chi connectivity index (χ3n) is 6.59. The lowest BCUT2D eigenvalue weighted by Gasteiger charge is -2.20. The first-order chi connectivity index (χ1) is 18.6. The molecule has 0 aliphatic heterocycles. The van der Waals surface area contributed by atoms with Crippen LogP contribution in [0.25, 0.3) is 11.1 Å². The van der Waals surface area contributed by atoms with E-state index in [1.54, 1.807) is 42.5 Å². The van der Waals surface area contributed by atoms with Crippen LogP contribution in [0.3, 0.4) is 0 Å². The third kappa shape index (κ3) is 7.29. The Balaban J connectivity index is 1.38. The van der Waals surface area contributed by atoms with Crippen LogP contribution in [-0.2, 0) is 16.6 Å². The number of carbonyl (C=O) groups is 3. The molecule has 4 rings (SSSR count). The van der Waals surface area contributed by atoms with Crippen molar-refractivity contribution in [2.75, 3.05) is 0 Å². The number of amides is 1. The first kappa shape index (κ1) is 27.5. The van der Waals surface area contributed by atoms with E-state index in [1.807, 2.05) is 60.7 Å². The van der Waals surface area contributed by atoms with E-state index in [-0.39, 0.29) is 17.1 Å². The summed E-state index contributed by atoms with van der Waals surface area (Å²) in [5, 5.41) is 2.85. The fraction of sp³-hybridized carbons (Fsp3) is 0.206. The molecule has 0 saturated carbocycles. The number of esters is 1. The minimum absolute atomic E-state index is 0.0103. The zero-order valence-corrected chi connectivity index (χ0v) is 22.7. The lowest BCUT2D eigenvalue weighted by molar-refractivity contribution is -0.118. The summed E-state index contributed by atoms with van der Waals surface area (Å²) in [5.74, 6) is -0.481. The predicted molar refractivity (Wildman–Crippen MR) is 154 cm³/mol. The van der Waals surface area contributed by atoms with E-state index < -0.39 is 12.0 Å². The molecule has 5 heteroatoms. The summed E-state index contributed by atoms with van der Waals surface area (Å²) in [4.78, 5) is 37.9. The van der Waals surface area contributed by atoms with Gasteiger partial charge in [0.25, 0.3) is 5.91 Å². The fourth-order valence-corrected chi connectivity index (χ4v) is 4.21. The number of nitrogens with one attached hydrogen (secondary N) is 1. The van der Waals surface area contributed by atoms with Gasteiger partial charge in [-0.1, -0.05) is 87.5 Å². The molecular formula is C34H33NO4. The summed E-state index contributed by atoms with van der Waals surface area (Å²) >= 11 is 0. The van der Waals surface area contributed by atoms with Crippen LogP contribution in [0.5, 0.6) is 5.75 Å². The van der Waals surface area contributed by atoms with Gasteiger partial charge in [-0.2, -0.15) is 0 Å². The zero-order chi connectivity index (χ0) is 28.0. The second kappa shape index (κ2) is 11.9. The Morgan fingerprint density at radius 3 is 2.00 bits per heavy atom. The molecule has 1 amide bonds. The lowest BCUT2D eigenvalue weighted by atomic mass is 9.86. The number of Topliss-reactive ketones (excluding diaryl/α,β-unsaturated/α-hetero) is 1. The molecule has 0 radical (unpaired) electrons. The Labute approximate surface area is 229 Å². The lowest BCUT2D eigenvalue weighted by Crippen LogP contribution is -2.41. The summed E-state index contributed by atoms with van der Waals surface area (Å²) in [6.07, 6.45) is 0.328. The molecule has 1 N–H and O–H groups in total. The van der Waals surface area contributed by atoms with Crippen LogP contribution in [0.1, 0.15) is 59.5 Å². The molecule has 0 bridgehead atoms. The number of ether oxygens (including phenoxy) is 1. The number of hydrogen-bond donors (Lipinski definition) is 1. The third-order valence-corrected chi connectivity index (χ3v) is 6.59. The van der Waals surface area contributed by atoms with Gasteiger partial charge >= 0.3 is 5.97 Å². The topological polar surface area (TPSA) is 72.5 Å². The molecule has 0 aromatic heterocycles. The monoisotopic (exact) mass is 519 g/mol. The second-order valence-electron chi connectivity index (χ2n) is 10.6. The molecule has 0 heterocycles. The summed E-state index contributed by atoms with van der Waals surface area (Å²) < 4.78 is 5.58. The predicted octanol–water partition coefficient (Wildman–Crippen LogP) is 6.80. The number of hydrogen-bond acceptors (Lipinski definition) is 4. The van der Waals surface area contributed by atoms with Crippen molar-refractivity contribution in [3.05, 3.63) is 125 Å². The van der Waals surface area contributed by atoms with Crippen LogP contribution >= 0.6 is 0 Å². The van der Waals surface area contributed by atoms with Crippen LogP contribution < -0.4 is 10.1 Å². The maximum absolute atomic E-state index is 12.8.